The monoisotopic (exact) mass is 556 g/mol. The number of hydrogen-bond acceptors (Lipinski definition) is 7. The Bertz CT molecular complexity index is 1460. The third-order valence-corrected chi connectivity index (χ3v) is 6.11. The van der Waals surface area contributed by atoms with Crippen molar-refractivity contribution in [2.45, 2.75) is 6.61 Å². The lowest BCUT2D eigenvalue weighted by atomic mass is 10.1. The van der Waals surface area contributed by atoms with Gasteiger partial charge in [-0.3, -0.25) is 14.9 Å². The maximum Gasteiger partial charge on any atom is 0.336 e. The van der Waals surface area contributed by atoms with E-state index in [1.54, 1.807) is 30.3 Å². The third kappa shape index (κ3) is 5.53. The fourth-order valence-corrected chi connectivity index (χ4v) is 4.19. The number of amides is 4. The van der Waals surface area contributed by atoms with Crippen LogP contribution in [-0.4, -0.2) is 39.2 Å². The number of hydrogen-bond donors (Lipinski definition) is 1. The second kappa shape index (κ2) is 11.5. The number of urea groups is 1. The molecule has 1 N–H and O–H groups in total. The van der Waals surface area contributed by atoms with Crippen molar-refractivity contribution in [1.82, 2.24) is 5.32 Å². The smallest absolute Gasteiger partial charge is 0.336 e. The molecule has 1 fully saturated rings. The second-order valence-corrected chi connectivity index (χ2v) is 8.79. The molecule has 0 bridgehead atoms. The molecule has 38 heavy (non-hydrogen) atoms. The highest BCUT2D eigenvalue weighted by atomic mass is 35.5. The number of nitrogens with one attached hydrogen (secondary N) is 1. The summed E-state index contributed by atoms with van der Waals surface area (Å²) >= 11 is 12.2. The maximum atomic E-state index is 13.4. The van der Waals surface area contributed by atoms with Crippen molar-refractivity contribution < 1.29 is 33.3 Å². The van der Waals surface area contributed by atoms with E-state index in [9.17, 15) is 14.4 Å². The first-order valence-electron chi connectivity index (χ1n) is 11.1. The van der Waals surface area contributed by atoms with Gasteiger partial charge in [-0.25, -0.2) is 9.69 Å². The van der Waals surface area contributed by atoms with Crippen LogP contribution in [0.3, 0.4) is 0 Å². The number of nitrogens with zero attached hydrogens (tertiary/aromatic N) is 1. The van der Waals surface area contributed by atoms with Crippen LogP contribution in [0, 0.1) is 0 Å². The zero-order chi connectivity index (χ0) is 27.4. The normalized spacial score (nSPS) is 14.4. The van der Waals surface area contributed by atoms with Crippen LogP contribution >= 0.6 is 23.2 Å². The largest absolute Gasteiger partial charge is 0.495 e. The molecule has 4 amide bonds. The predicted octanol–water partition coefficient (Wildman–Crippen LogP) is 5.26. The molecule has 3 aromatic rings. The van der Waals surface area contributed by atoms with E-state index in [4.69, 9.17) is 42.1 Å². The third-order valence-electron chi connectivity index (χ3n) is 5.58. The Balaban J connectivity index is 1.65. The van der Waals surface area contributed by atoms with Gasteiger partial charge in [0, 0.05) is 17.2 Å². The topological polar surface area (TPSA) is 103 Å². The number of carbonyl (C=O) groups excluding carboxylic acids is 3. The Morgan fingerprint density at radius 1 is 0.842 bits per heavy atom. The van der Waals surface area contributed by atoms with Crippen molar-refractivity contribution in [3.05, 3.63) is 81.3 Å². The Hall–Kier alpha value is -4.21. The highest BCUT2D eigenvalue weighted by Crippen LogP contribution is 2.39. The van der Waals surface area contributed by atoms with E-state index < -0.39 is 17.8 Å². The minimum atomic E-state index is -0.942. The maximum absolute atomic E-state index is 13.4. The van der Waals surface area contributed by atoms with E-state index in [0.29, 0.717) is 22.1 Å². The first kappa shape index (κ1) is 26.8. The summed E-state index contributed by atoms with van der Waals surface area (Å²) in [6.07, 6.45) is 1.35. The molecule has 4 rings (SSSR count). The molecule has 1 aliphatic heterocycles. The van der Waals surface area contributed by atoms with Gasteiger partial charge in [0.1, 0.15) is 23.7 Å². The molecule has 196 valence electrons. The standard InChI is InChI=1S/C27H22Cl2N2O7/c1-35-22-13-20(23(36-2)12-19(22)29)31-26(33)18(25(32)30-27(31)34)10-15-7-8-21(24(11-15)37-3)38-14-16-5-4-6-17(28)9-16/h4-13H,14H2,1-3H3,(H,30,32,34)/b18-10+. The average molecular weight is 557 g/mol. The Kier molecular flexibility index (Phi) is 8.09. The summed E-state index contributed by atoms with van der Waals surface area (Å²) in [4.78, 5) is 39.5. The minimum absolute atomic E-state index is 0.0528. The summed E-state index contributed by atoms with van der Waals surface area (Å²) in [5, 5.41) is 2.99. The first-order valence-corrected chi connectivity index (χ1v) is 11.9. The zero-order valence-corrected chi connectivity index (χ0v) is 22.1. The second-order valence-electron chi connectivity index (χ2n) is 7.95. The van der Waals surface area contributed by atoms with Crippen molar-refractivity contribution in [2.24, 2.45) is 0 Å². The van der Waals surface area contributed by atoms with Crippen molar-refractivity contribution in [2.75, 3.05) is 26.2 Å². The lowest BCUT2D eigenvalue weighted by molar-refractivity contribution is -0.122. The van der Waals surface area contributed by atoms with Crippen LogP contribution in [0.1, 0.15) is 11.1 Å². The van der Waals surface area contributed by atoms with Crippen molar-refractivity contribution in [1.29, 1.82) is 0 Å². The molecule has 0 saturated carbocycles. The Labute approximate surface area is 228 Å². The van der Waals surface area contributed by atoms with Crippen LogP contribution < -0.4 is 29.2 Å². The lowest BCUT2D eigenvalue weighted by Gasteiger charge is -2.28. The first-order chi connectivity index (χ1) is 18.2. The van der Waals surface area contributed by atoms with Gasteiger partial charge in [0.25, 0.3) is 11.8 Å². The predicted molar refractivity (Wildman–Crippen MR) is 142 cm³/mol. The molecule has 0 radical (unpaired) electrons. The van der Waals surface area contributed by atoms with Crippen LogP contribution in [0.5, 0.6) is 23.0 Å². The van der Waals surface area contributed by atoms with Gasteiger partial charge in [0.2, 0.25) is 0 Å². The van der Waals surface area contributed by atoms with Gasteiger partial charge in [-0.2, -0.15) is 0 Å². The molecule has 3 aromatic carbocycles. The molecule has 1 saturated heterocycles. The van der Waals surface area contributed by atoms with E-state index in [2.05, 4.69) is 5.32 Å². The molecular formula is C27H22Cl2N2O7. The molecule has 0 aliphatic carbocycles. The summed E-state index contributed by atoms with van der Waals surface area (Å²) in [6.45, 7) is 0.252. The van der Waals surface area contributed by atoms with Crippen LogP contribution in [0.4, 0.5) is 10.5 Å². The molecule has 0 spiro atoms. The van der Waals surface area contributed by atoms with Gasteiger partial charge in [0.15, 0.2) is 11.5 Å². The molecule has 9 nitrogen and oxygen atoms in total. The van der Waals surface area contributed by atoms with Crippen molar-refractivity contribution in [3.63, 3.8) is 0 Å². The van der Waals surface area contributed by atoms with Gasteiger partial charge >= 0.3 is 6.03 Å². The molecular weight excluding hydrogens is 535 g/mol. The highest BCUT2D eigenvalue weighted by molar-refractivity contribution is 6.39. The molecule has 1 heterocycles. The summed E-state index contributed by atoms with van der Waals surface area (Å²) in [7, 11) is 4.22. The summed E-state index contributed by atoms with van der Waals surface area (Å²) < 4.78 is 21.8. The van der Waals surface area contributed by atoms with E-state index in [1.807, 2.05) is 12.1 Å². The van der Waals surface area contributed by atoms with Crippen molar-refractivity contribution >= 4 is 52.8 Å². The fourth-order valence-electron chi connectivity index (χ4n) is 3.74. The summed E-state index contributed by atoms with van der Waals surface area (Å²) in [5.41, 5.74) is 1.10. The average Bonchev–Trinajstić information content (AvgIpc) is 2.90. The van der Waals surface area contributed by atoms with Gasteiger partial charge < -0.3 is 18.9 Å². The van der Waals surface area contributed by atoms with E-state index >= 15 is 0 Å². The SMILES string of the molecule is COc1cc(N2C(=O)NC(=O)/C(=C\c3ccc(OCc4cccc(Cl)c4)c(OC)c3)C2=O)c(OC)cc1Cl. The Morgan fingerprint density at radius 2 is 1.58 bits per heavy atom. The molecule has 11 heteroatoms. The summed E-state index contributed by atoms with van der Waals surface area (Å²) in [5.74, 6) is -0.538. The van der Waals surface area contributed by atoms with Crippen LogP contribution in [0.25, 0.3) is 6.08 Å². The van der Waals surface area contributed by atoms with Gasteiger partial charge in [-0.05, 0) is 41.5 Å². The number of benzene rings is 3. The van der Waals surface area contributed by atoms with Gasteiger partial charge in [-0.15, -0.1) is 0 Å². The summed E-state index contributed by atoms with van der Waals surface area (Å²) in [6, 6.07) is 14.0. The number of imide groups is 2. The number of methoxy groups -OCH3 is 3. The molecule has 0 atom stereocenters. The molecule has 0 unspecified atom stereocenters. The minimum Gasteiger partial charge on any atom is -0.495 e. The van der Waals surface area contributed by atoms with E-state index in [-0.39, 0.29) is 34.4 Å². The lowest BCUT2D eigenvalue weighted by Crippen LogP contribution is -2.54. The van der Waals surface area contributed by atoms with Crippen LogP contribution in [0.15, 0.2) is 60.2 Å². The number of carbonyl (C=O) groups is 3. The highest BCUT2D eigenvalue weighted by Gasteiger charge is 2.38. The number of anilines is 1. The number of rotatable bonds is 8. The number of ether oxygens (including phenoxy) is 4. The quantitative estimate of drug-likeness (QED) is 0.298. The number of barbiturate groups is 1. The Morgan fingerprint density at radius 3 is 2.26 bits per heavy atom. The molecule has 1 aliphatic rings. The fraction of sp³-hybridized carbons (Fsp3) is 0.148. The van der Waals surface area contributed by atoms with Gasteiger partial charge in [0.05, 0.1) is 32.0 Å². The molecule has 0 aromatic heterocycles. The van der Waals surface area contributed by atoms with Crippen LogP contribution in [-0.2, 0) is 16.2 Å². The van der Waals surface area contributed by atoms with Crippen LogP contribution in [0.2, 0.25) is 10.0 Å². The zero-order valence-electron chi connectivity index (χ0n) is 20.5. The van der Waals surface area contributed by atoms with E-state index in [1.165, 1.54) is 39.5 Å². The number of halogens is 2. The van der Waals surface area contributed by atoms with Crippen molar-refractivity contribution in [3.8, 4) is 23.0 Å². The van der Waals surface area contributed by atoms with Gasteiger partial charge in [-0.1, -0.05) is 41.4 Å². The van der Waals surface area contributed by atoms with E-state index in [0.717, 1.165) is 10.5 Å².